The molecule has 0 aromatic rings. The zero-order chi connectivity index (χ0) is 13.5. The van der Waals surface area contributed by atoms with Crippen LogP contribution in [0.15, 0.2) is 0 Å². The molecule has 0 saturated carbocycles. The van der Waals surface area contributed by atoms with E-state index in [1.165, 1.54) is 0 Å². The second-order valence-corrected chi connectivity index (χ2v) is 4.58. The molecule has 1 fully saturated rings. The van der Waals surface area contributed by atoms with E-state index in [2.05, 4.69) is 5.32 Å². The molecule has 1 N–H and O–H groups in total. The quantitative estimate of drug-likeness (QED) is 0.701. The van der Waals surface area contributed by atoms with E-state index >= 15 is 0 Å². The summed E-state index contributed by atoms with van der Waals surface area (Å²) in [7, 11) is 3.41. The number of hydrogen-bond donors (Lipinski definition) is 1. The fourth-order valence-corrected chi connectivity index (χ4v) is 1.83. The molecule has 1 saturated heterocycles. The third-order valence-corrected chi connectivity index (χ3v) is 3.08. The number of amides is 2. The molecular formula is C12H21N3O3. The summed E-state index contributed by atoms with van der Waals surface area (Å²) in [5, 5.41) is 2.54. The van der Waals surface area contributed by atoms with Crippen molar-refractivity contribution in [1.82, 2.24) is 15.1 Å². The van der Waals surface area contributed by atoms with E-state index in [4.69, 9.17) is 0 Å². The predicted octanol–water partition coefficient (Wildman–Crippen LogP) is -0.754. The Hall–Kier alpha value is -1.43. The summed E-state index contributed by atoms with van der Waals surface area (Å²) < 4.78 is 0. The summed E-state index contributed by atoms with van der Waals surface area (Å²) in [4.78, 5) is 37.6. The Kier molecular flexibility index (Phi) is 5.77. The number of Topliss-reactive ketones (excluding diaryl/α,β-unsaturated/α-hetero) is 1. The highest BCUT2D eigenvalue weighted by atomic mass is 16.2. The van der Waals surface area contributed by atoms with Crippen LogP contribution in [0, 0.1) is 0 Å². The highest BCUT2D eigenvalue weighted by Gasteiger charge is 2.21. The molecule has 0 radical (unpaired) electrons. The van der Waals surface area contributed by atoms with Crippen LogP contribution >= 0.6 is 0 Å². The summed E-state index contributed by atoms with van der Waals surface area (Å²) in [6.45, 7) is 1.91. The molecule has 18 heavy (non-hydrogen) atoms. The van der Waals surface area contributed by atoms with Crippen LogP contribution in [-0.2, 0) is 14.4 Å². The van der Waals surface area contributed by atoms with Crippen LogP contribution in [-0.4, -0.2) is 67.7 Å². The lowest BCUT2D eigenvalue weighted by Gasteiger charge is -2.28. The third-order valence-electron chi connectivity index (χ3n) is 3.08. The number of likely N-dealkylation sites (N-methyl/N-ethyl adjacent to an activating group) is 1. The first-order valence-electron chi connectivity index (χ1n) is 6.21. The average Bonchev–Trinajstić information content (AvgIpc) is 2.36. The van der Waals surface area contributed by atoms with Gasteiger partial charge in [-0.25, -0.2) is 0 Å². The Balaban J connectivity index is 2.26. The number of carbonyl (C=O) groups is 3. The van der Waals surface area contributed by atoms with Gasteiger partial charge in [0.1, 0.15) is 5.78 Å². The summed E-state index contributed by atoms with van der Waals surface area (Å²) in [5.41, 5.74) is 0. The van der Waals surface area contributed by atoms with Gasteiger partial charge >= 0.3 is 0 Å². The van der Waals surface area contributed by atoms with Crippen molar-refractivity contribution in [3.63, 3.8) is 0 Å². The van der Waals surface area contributed by atoms with Gasteiger partial charge in [0.05, 0.1) is 6.54 Å². The van der Waals surface area contributed by atoms with Gasteiger partial charge < -0.3 is 10.2 Å². The Labute approximate surface area is 107 Å². The van der Waals surface area contributed by atoms with Crippen molar-refractivity contribution in [2.45, 2.75) is 19.3 Å². The van der Waals surface area contributed by atoms with Crippen LogP contribution in [0.3, 0.4) is 0 Å². The molecule has 0 aromatic carbocycles. The van der Waals surface area contributed by atoms with Gasteiger partial charge in [-0.2, -0.15) is 0 Å². The van der Waals surface area contributed by atoms with Gasteiger partial charge in [0, 0.05) is 45.9 Å². The summed E-state index contributed by atoms with van der Waals surface area (Å²) >= 11 is 0. The molecule has 0 unspecified atom stereocenters. The van der Waals surface area contributed by atoms with Crippen LogP contribution in [0.5, 0.6) is 0 Å². The Bertz CT molecular complexity index is 321. The van der Waals surface area contributed by atoms with Crippen molar-refractivity contribution in [3.05, 3.63) is 0 Å². The number of hydrogen-bond acceptors (Lipinski definition) is 4. The number of carbonyl (C=O) groups excluding carboxylic acids is 3. The topological polar surface area (TPSA) is 69.7 Å². The molecular weight excluding hydrogens is 234 g/mol. The second kappa shape index (κ2) is 7.10. The van der Waals surface area contributed by atoms with Crippen molar-refractivity contribution in [2.24, 2.45) is 0 Å². The molecule has 6 nitrogen and oxygen atoms in total. The number of piperidine rings is 1. The van der Waals surface area contributed by atoms with Crippen LogP contribution in [0.25, 0.3) is 0 Å². The van der Waals surface area contributed by atoms with Gasteiger partial charge in [-0.05, 0) is 7.05 Å². The van der Waals surface area contributed by atoms with Gasteiger partial charge in [-0.3, -0.25) is 19.3 Å². The predicted molar refractivity (Wildman–Crippen MR) is 67.0 cm³/mol. The average molecular weight is 255 g/mol. The van der Waals surface area contributed by atoms with Crippen molar-refractivity contribution >= 4 is 17.6 Å². The van der Waals surface area contributed by atoms with Crippen molar-refractivity contribution in [2.75, 3.05) is 40.3 Å². The smallest absolute Gasteiger partial charge is 0.236 e. The van der Waals surface area contributed by atoms with Crippen LogP contribution < -0.4 is 5.32 Å². The number of likely N-dealkylation sites (tertiary alicyclic amines) is 1. The molecule has 1 heterocycles. The number of nitrogens with one attached hydrogen (secondary N) is 1. The zero-order valence-electron chi connectivity index (χ0n) is 11.1. The normalized spacial score (nSPS) is 15.9. The highest BCUT2D eigenvalue weighted by Crippen LogP contribution is 2.06. The molecule has 1 rings (SSSR count). The lowest BCUT2D eigenvalue weighted by molar-refractivity contribution is -0.135. The molecule has 102 valence electrons. The summed E-state index contributed by atoms with van der Waals surface area (Å²) in [6.07, 6.45) is 1.32. The Morgan fingerprint density at radius 1 is 1.33 bits per heavy atom. The van der Waals surface area contributed by atoms with E-state index in [1.807, 2.05) is 11.9 Å². The summed E-state index contributed by atoms with van der Waals surface area (Å²) in [6, 6.07) is 0. The molecule has 1 aliphatic heterocycles. The van der Waals surface area contributed by atoms with Gasteiger partial charge in [-0.1, -0.05) is 0 Å². The first-order chi connectivity index (χ1) is 8.52. The first kappa shape index (κ1) is 14.6. The van der Waals surface area contributed by atoms with Crippen LogP contribution in [0.1, 0.15) is 19.3 Å². The lowest BCUT2D eigenvalue weighted by Crippen LogP contribution is -2.44. The van der Waals surface area contributed by atoms with Gasteiger partial charge in [0.15, 0.2) is 0 Å². The zero-order valence-corrected chi connectivity index (χ0v) is 11.1. The van der Waals surface area contributed by atoms with Gasteiger partial charge in [-0.15, -0.1) is 0 Å². The number of rotatable bonds is 5. The fourth-order valence-electron chi connectivity index (χ4n) is 1.83. The minimum Gasteiger partial charge on any atom is -0.359 e. The summed E-state index contributed by atoms with van der Waals surface area (Å²) in [5.74, 6) is 0.229. The first-order valence-corrected chi connectivity index (χ1v) is 6.21. The second-order valence-electron chi connectivity index (χ2n) is 4.58. The van der Waals surface area contributed by atoms with Gasteiger partial charge in [0.2, 0.25) is 11.8 Å². The van der Waals surface area contributed by atoms with E-state index in [0.29, 0.717) is 45.4 Å². The molecule has 2 amide bonds. The minimum absolute atomic E-state index is 0.0295. The van der Waals surface area contributed by atoms with Crippen molar-refractivity contribution in [3.8, 4) is 0 Å². The van der Waals surface area contributed by atoms with Crippen molar-refractivity contribution < 1.29 is 14.4 Å². The molecule has 0 aliphatic carbocycles. The van der Waals surface area contributed by atoms with E-state index in [9.17, 15) is 14.4 Å². The molecule has 0 atom stereocenters. The largest absolute Gasteiger partial charge is 0.359 e. The SMILES string of the molecule is CNC(=O)CCN(C)CC(=O)N1CCC(=O)CC1. The molecule has 6 heteroatoms. The Morgan fingerprint density at radius 2 is 1.94 bits per heavy atom. The minimum atomic E-state index is -0.0298. The van der Waals surface area contributed by atoms with E-state index in [1.54, 1.807) is 11.9 Å². The number of nitrogens with zero attached hydrogens (tertiary/aromatic N) is 2. The fraction of sp³-hybridized carbons (Fsp3) is 0.750. The van der Waals surface area contributed by atoms with Crippen LogP contribution in [0.4, 0.5) is 0 Å². The molecule has 0 bridgehead atoms. The van der Waals surface area contributed by atoms with E-state index in [0.717, 1.165) is 0 Å². The van der Waals surface area contributed by atoms with Crippen molar-refractivity contribution in [1.29, 1.82) is 0 Å². The molecule has 0 aromatic heterocycles. The van der Waals surface area contributed by atoms with Crippen LogP contribution in [0.2, 0.25) is 0 Å². The maximum Gasteiger partial charge on any atom is 0.236 e. The number of ketones is 1. The van der Waals surface area contributed by atoms with E-state index < -0.39 is 0 Å². The third kappa shape index (κ3) is 4.83. The maximum absolute atomic E-state index is 11.9. The lowest BCUT2D eigenvalue weighted by atomic mass is 10.1. The monoisotopic (exact) mass is 255 g/mol. The molecule has 1 aliphatic rings. The Morgan fingerprint density at radius 3 is 2.50 bits per heavy atom. The van der Waals surface area contributed by atoms with Gasteiger partial charge in [0.25, 0.3) is 0 Å². The van der Waals surface area contributed by atoms with E-state index in [-0.39, 0.29) is 17.6 Å². The highest BCUT2D eigenvalue weighted by molar-refractivity contribution is 5.84. The standard InChI is InChI=1S/C12H21N3O3/c1-13-11(17)5-6-14(2)9-12(18)15-7-3-10(16)4-8-15/h3-9H2,1-2H3,(H,13,17). The maximum atomic E-state index is 11.9. The molecule has 0 spiro atoms.